The average molecular weight is 348 g/mol. The second-order valence-electron chi connectivity index (χ2n) is 6.14. The number of benzene rings is 2. The van der Waals surface area contributed by atoms with Gasteiger partial charge in [0, 0.05) is 29.1 Å². The fourth-order valence-electron chi connectivity index (χ4n) is 3.35. The van der Waals surface area contributed by atoms with Crippen LogP contribution in [0.4, 0.5) is 0 Å². The zero-order chi connectivity index (χ0) is 18.1. The number of para-hydroxylation sites is 1. The minimum absolute atomic E-state index is 0.129. The quantitative estimate of drug-likeness (QED) is 0.750. The number of nitrogens with zero attached hydrogens (tertiary/aromatic N) is 1. The highest BCUT2D eigenvalue weighted by molar-refractivity contribution is 6.14. The van der Waals surface area contributed by atoms with Crippen LogP contribution >= 0.6 is 0 Å². The molecule has 0 atom stereocenters. The normalized spacial score (nSPS) is 13.7. The Kier molecular flexibility index (Phi) is 4.13. The minimum atomic E-state index is 0.129. The summed E-state index contributed by atoms with van der Waals surface area (Å²) in [6.07, 6.45) is 4.69. The summed E-state index contributed by atoms with van der Waals surface area (Å²) in [5.74, 6) is 1.41. The molecule has 1 aromatic heterocycles. The summed E-state index contributed by atoms with van der Waals surface area (Å²) in [5, 5.41) is 11.4. The van der Waals surface area contributed by atoms with Crippen molar-refractivity contribution in [3.63, 3.8) is 0 Å². The Morgan fingerprint density at radius 2 is 2.00 bits per heavy atom. The largest absolute Gasteiger partial charge is 0.504 e. The Morgan fingerprint density at radius 3 is 2.81 bits per heavy atom. The SMILES string of the molecule is COc1ccc2c3c([nH]c2c1)C(/C=C\c1cccc(OC)c1O)=NCC3. The number of phenols is 1. The van der Waals surface area contributed by atoms with Crippen LogP contribution in [0.2, 0.25) is 0 Å². The lowest BCUT2D eigenvalue weighted by Gasteiger charge is -2.11. The van der Waals surface area contributed by atoms with E-state index in [1.54, 1.807) is 20.3 Å². The van der Waals surface area contributed by atoms with Crippen molar-refractivity contribution >= 4 is 22.7 Å². The van der Waals surface area contributed by atoms with Crippen LogP contribution in [0.3, 0.4) is 0 Å². The summed E-state index contributed by atoms with van der Waals surface area (Å²) in [7, 11) is 3.21. The highest BCUT2D eigenvalue weighted by atomic mass is 16.5. The van der Waals surface area contributed by atoms with Crippen molar-refractivity contribution in [1.29, 1.82) is 0 Å². The molecule has 3 aromatic rings. The second-order valence-corrected chi connectivity index (χ2v) is 6.14. The van der Waals surface area contributed by atoms with Gasteiger partial charge in [0.25, 0.3) is 0 Å². The lowest BCUT2D eigenvalue weighted by molar-refractivity contribution is 0.373. The third kappa shape index (κ3) is 2.71. The van der Waals surface area contributed by atoms with E-state index in [1.807, 2.05) is 36.4 Å². The van der Waals surface area contributed by atoms with Gasteiger partial charge in [0.05, 0.1) is 25.6 Å². The van der Waals surface area contributed by atoms with Crippen LogP contribution in [-0.4, -0.2) is 36.6 Å². The van der Waals surface area contributed by atoms with E-state index in [0.717, 1.165) is 35.6 Å². The number of methoxy groups -OCH3 is 2. The Hall–Kier alpha value is -3.21. The third-order valence-corrected chi connectivity index (χ3v) is 4.68. The number of nitrogens with one attached hydrogen (secondary N) is 1. The number of rotatable bonds is 4. The summed E-state index contributed by atoms with van der Waals surface area (Å²) in [5.41, 5.74) is 4.91. The first kappa shape index (κ1) is 16.3. The fraction of sp³-hybridized carbons (Fsp3) is 0.190. The molecule has 2 aromatic carbocycles. The maximum absolute atomic E-state index is 10.2. The van der Waals surface area contributed by atoms with Crippen LogP contribution in [0.15, 0.2) is 47.5 Å². The molecule has 0 unspecified atom stereocenters. The minimum Gasteiger partial charge on any atom is -0.504 e. The molecule has 0 aliphatic carbocycles. The van der Waals surface area contributed by atoms with Gasteiger partial charge in [0.2, 0.25) is 0 Å². The van der Waals surface area contributed by atoms with E-state index >= 15 is 0 Å². The Balaban J connectivity index is 1.72. The van der Waals surface area contributed by atoms with Gasteiger partial charge in [-0.3, -0.25) is 4.99 Å². The first-order valence-electron chi connectivity index (χ1n) is 8.48. The van der Waals surface area contributed by atoms with Crippen molar-refractivity contribution < 1.29 is 14.6 Å². The Bertz CT molecular complexity index is 1030. The molecule has 1 aliphatic rings. The lowest BCUT2D eigenvalue weighted by Crippen LogP contribution is -2.09. The van der Waals surface area contributed by atoms with Crippen LogP contribution in [0.25, 0.3) is 17.0 Å². The molecule has 0 fully saturated rings. The number of aliphatic imine (C=N–C) groups is 1. The van der Waals surface area contributed by atoms with Crippen LogP contribution in [0.1, 0.15) is 16.8 Å². The number of hydrogen-bond donors (Lipinski definition) is 2. The summed E-state index contributed by atoms with van der Waals surface area (Å²) >= 11 is 0. The van der Waals surface area contributed by atoms with Gasteiger partial charge >= 0.3 is 0 Å². The molecule has 2 N–H and O–H groups in total. The average Bonchev–Trinajstić information content (AvgIpc) is 3.05. The van der Waals surface area contributed by atoms with E-state index in [1.165, 1.54) is 10.9 Å². The van der Waals surface area contributed by atoms with Gasteiger partial charge in [-0.1, -0.05) is 12.1 Å². The molecule has 0 spiro atoms. The first-order chi connectivity index (χ1) is 12.7. The number of aromatic hydroxyl groups is 1. The molecule has 0 bridgehead atoms. The van der Waals surface area contributed by atoms with Crippen molar-refractivity contribution in [2.24, 2.45) is 4.99 Å². The summed E-state index contributed by atoms with van der Waals surface area (Å²) in [4.78, 5) is 8.12. The molecule has 5 nitrogen and oxygen atoms in total. The highest BCUT2D eigenvalue weighted by Crippen LogP contribution is 2.32. The second kappa shape index (κ2) is 6.59. The lowest BCUT2D eigenvalue weighted by atomic mass is 10.0. The molecule has 4 rings (SSSR count). The van der Waals surface area contributed by atoms with Crippen molar-refractivity contribution in [2.75, 3.05) is 20.8 Å². The van der Waals surface area contributed by atoms with Gasteiger partial charge in [0.15, 0.2) is 11.5 Å². The summed E-state index contributed by atoms with van der Waals surface area (Å²) in [6.45, 7) is 0.746. The smallest absolute Gasteiger partial charge is 0.165 e. The zero-order valence-corrected chi connectivity index (χ0v) is 14.7. The molecule has 2 heterocycles. The molecule has 0 amide bonds. The van der Waals surface area contributed by atoms with E-state index < -0.39 is 0 Å². The van der Waals surface area contributed by atoms with Crippen molar-refractivity contribution in [1.82, 2.24) is 4.98 Å². The maximum atomic E-state index is 10.2. The predicted molar refractivity (Wildman–Crippen MR) is 104 cm³/mol. The van der Waals surface area contributed by atoms with Gasteiger partial charge in [-0.05, 0) is 42.3 Å². The monoisotopic (exact) mass is 348 g/mol. The molecule has 1 aliphatic heterocycles. The Labute approximate surface area is 151 Å². The van der Waals surface area contributed by atoms with E-state index in [-0.39, 0.29) is 5.75 Å². The number of aromatic amines is 1. The third-order valence-electron chi connectivity index (χ3n) is 4.68. The predicted octanol–water partition coefficient (Wildman–Crippen LogP) is 3.95. The number of aromatic nitrogens is 1. The van der Waals surface area contributed by atoms with Gasteiger partial charge in [-0.2, -0.15) is 0 Å². The van der Waals surface area contributed by atoms with E-state index in [4.69, 9.17) is 9.47 Å². The van der Waals surface area contributed by atoms with Crippen molar-refractivity contribution in [2.45, 2.75) is 6.42 Å². The molecule has 26 heavy (non-hydrogen) atoms. The fourth-order valence-corrected chi connectivity index (χ4v) is 3.35. The molecule has 0 saturated heterocycles. The maximum Gasteiger partial charge on any atom is 0.165 e. The molecule has 132 valence electrons. The molecule has 0 radical (unpaired) electrons. The Morgan fingerprint density at radius 1 is 1.12 bits per heavy atom. The highest BCUT2D eigenvalue weighted by Gasteiger charge is 2.18. The summed E-state index contributed by atoms with van der Waals surface area (Å²) < 4.78 is 10.5. The van der Waals surface area contributed by atoms with Crippen LogP contribution in [0, 0.1) is 0 Å². The number of fused-ring (bicyclic) bond motifs is 3. The van der Waals surface area contributed by atoms with Crippen molar-refractivity contribution in [3.05, 3.63) is 59.3 Å². The van der Waals surface area contributed by atoms with Crippen LogP contribution in [-0.2, 0) is 6.42 Å². The van der Waals surface area contributed by atoms with E-state index in [9.17, 15) is 5.11 Å². The zero-order valence-electron chi connectivity index (χ0n) is 14.7. The summed E-state index contributed by atoms with van der Waals surface area (Å²) in [6, 6.07) is 11.5. The number of H-pyrrole nitrogens is 1. The van der Waals surface area contributed by atoms with E-state index in [2.05, 4.69) is 16.0 Å². The molecule has 5 heteroatoms. The van der Waals surface area contributed by atoms with E-state index in [0.29, 0.717) is 11.3 Å². The van der Waals surface area contributed by atoms with Gasteiger partial charge in [0.1, 0.15) is 5.75 Å². The van der Waals surface area contributed by atoms with Gasteiger partial charge in [-0.15, -0.1) is 0 Å². The van der Waals surface area contributed by atoms with Gasteiger partial charge < -0.3 is 19.6 Å². The molecular weight excluding hydrogens is 328 g/mol. The van der Waals surface area contributed by atoms with Crippen LogP contribution < -0.4 is 9.47 Å². The van der Waals surface area contributed by atoms with Gasteiger partial charge in [-0.25, -0.2) is 0 Å². The van der Waals surface area contributed by atoms with Crippen molar-refractivity contribution in [3.8, 4) is 17.2 Å². The molecule has 0 saturated carbocycles. The number of ether oxygens (including phenoxy) is 2. The number of allylic oxidation sites excluding steroid dienone is 1. The molecular formula is C21H20N2O3. The van der Waals surface area contributed by atoms with Crippen LogP contribution in [0.5, 0.6) is 17.2 Å². The number of phenolic OH excluding ortho intramolecular Hbond substituents is 1. The first-order valence-corrected chi connectivity index (χ1v) is 8.48. The standard InChI is InChI=1S/C21H20N2O3/c1-25-14-7-8-15-16-10-11-22-17(20(16)23-18(15)12-14)9-6-13-4-3-5-19(26-2)21(13)24/h3-9,12,23-24H,10-11H2,1-2H3/b9-6-. The topological polar surface area (TPSA) is 66.8 Å². The number of hydrogen-bond acceptors (Lipinski definition) is 4.